The third-order valence-corrected chi connectivity index (χ3v) is 4.02. The Morgan fingerprint density at radius 3 is 2.70 bits per heavy atom. The number of hydrogen-bond donors (Lipinski definition) is 0. The molecular weight excluding hydrogens is 310 g/mol. The second kappa shape index (κ2) is 7.59. The maximum atomic E-state index is 6.18. The summed E-state index contributed by atoms with van der Waals surface area (Å²) in [5.74, 6) is 0.974. The molecule has 0 bridgehead atoms. The summed E-state index contributed by atoms with van der Waals surface area (Å²) in [4.78, 5) is 9.23. The van der Waals surface area contributed by atoms with Crippen molar-refractivity contribution in [2.24, 2.45) is 4.99 Å². The molecule has 1 heterocycles. The van der Waals surface area contributed by atoms with Crippen LogP contribution in [0.2, 0.25) is 5.02 Å². The van der Waals surface area contributed by atoms with Crippen LogP contribution in [0.25, 0.3) is 0 Å². The fourth-order valence-corrected chi connectivity index (χ4v) is 2.79. The maximum absolute atomic E-state index is 6.18. The van der Waals surface area contributed by atoms with Gasteiger partial charge in [0.15, 0.2) is 0 Å². The molecule has 120 valence electrons. The minimum atomic E-state index is 0.671. The van der Waals surface area contributed by atoms with Crippen molar-refractivity contribution in [1.82, 2.24) is 4.90 Å². The lowest BCUT2D eigenvalue weighted by Gasteiger charge is -2.36. The molecule has 0 amide bonds. The quantitative estimate of drug-likeness (QED) is 0.840. The molecule has 1 aliphatic rings. The van der Waals surface area contributed by atoms with Crippen LogP contribution in [0.5, 0.6) is 0 Å². The van der Waals surface area contributed by atoms with Gasteiger partial charge in [-0.3, -0.25) is 9.89 Å². The number of nitrogens with zero attached hydrogens (tertiary/aromatic N) is 3. The van der Waals surface area contributed by atoms with Crippen molar-refractivity contribution in [2.75, 3.05) is 38.5 Å². The molecule has 0 atom stereocenters. The molecule has 4 nitrogen and oxygen atoms in total. The van der Waals surface area contributed by atoms with Crippen molar-refractivity contribution < 1.29 is 4.74 Å². The van der Waals surface area contributed by atoms with E-state index in [9.17, 15) is 0 Å². The molecule has 2 aromatic carbocycles. The van der Waals surface area contributed by atoms with Gasteiger partial charge in [0.2, 0.25) is 0 Å². The number of anilines is 1. The van der Waals surface area contributed by atoms with E-state index in [1.807, 2.05) is 36.4 Å². The zero-order valence-electron chi connectivity index (χ0n) is 13.2. The van der Waals surface area contributed by atoms with Gasteiger partial charge < -0.3 is 9.64 Å². The summed E-state index contributed by atoms with van der Waals surface area (Å²) in [6.07, 6.45) is 0. The number of aliphatic imine (C=N–C) groups is 1. The highest BCUT2D eigenvalue weighted by Gasteiger charge is 2.23. The molecule has 0 saturated carbocycles. The van der Waals surface area contributed by atoms with Gasteiger partial charge in [-0.25, -0.2) is 0 Å². The molecule has 0 N–H and O–H groups in total. The highest BCUT2D eigenvalue weighted by atomic mass is 35.5. The standard InChI is InChI=1S/C18H20ClN3O/c1-23-11-10-21-13-20-18(15-6-3-2-4-7-15)22(14-21)17-9-5-8-16(19)12-17/h2-9,12H,10-11,13-14H2,1H3. The van der Waals surface area contributed by atoms with Gasteiger partial charge in [-0.15, -0.1) is 0 Å². The number of rotatable bonds is 5. The van der Waals surface area contributed by atoms with Crippen LogP contribution in [0, 0.1) is 0 Å². The van der Waals surface area contributed by atoms with E-state index < -0.39 is 0 Å². The normalized spacial score (nSPS) is 15.6. The van der Waals surface area contributed by atoms with Crippen LogP contribution in [0.1, 0.15) is 5.56 Å². The number of benzene rings is 2. The van der Waals surface area contributed by atoms with Gasteiger partial charge in [-0.05, 0) is 18.2 Å². The van der Waals surface area contributed by atoms with E-state index in [1.165, 1.54) is 0 Å². The van der Waals surface area contributed by atoms with E-state index >= 15 is 0 Å². The summed E-state index contributed by atoms with van der Waals surface area (Å²) in [6.45, 7) is 2.97. The predicted molar refractivity (Wildman–Crippen MR) is 95.2 cm³/mol. The first-order valence-corrected chi connectivity index (χ1v) is 8.00. The molecule has 0 radical (unpaired) electrons. The molecular formula is C18H20ClN3O. The summed E-state index contributed by atoms with van der Waals surface area (Å²) >= 11 is 6.18. The van der Waals surface area contributed by atoms with Crippen LogP contribution in [-0.4, -0.2) is 44.3 Å². The highest BCUT2D eigenvalue weighted by Crippen LogP contribution is 2.24. The SMILES string of the molecule is COCCN1CN=C(c2ccccc2)N(c2cccc(Cl)c2)C1. The second-order valence-corrected chi connectivity index (χ2v) is 5.86. The molecule has 5 heteroatoms. The Morgan fingerprint density at radius 1 is 1.13 bits per heavy atom. The summed E-state index contributed by atoms with van der Waals surface area (Å²) < 4.78 is 5.19. The molecule has 0 aromatic heterocycles. The van der Waals surface area contributed by atoms with Crippen molar-refractivity contribution >= 4 is 23.1 Å². The van der Waals surface area contributed by atoms with Gasteiger partial charge in [0, 0.05) is 29.9 Å². The molecule has 0 saturated heterocycles. The van der Waals surface area contributed by atoms with Crippen molar-refractivity contribution in [3.63, 3.8) is 0 Å². The van der Waals surface area contributed by atoms with E-state index in [-0.39, 0.29) is 0 Å². The number of hydrogen-bond acceptors (Lipinski definition) is 4. The van der Waals surface area contributed by atoms with Crippen molar-refractivity contribution in [3.05, 3.63) is 65.2 Å². The fraction of sp³-hybridized carbons (Fsp3) is 0.278. The average Bonchev–Trinajstić information content (AvgIpc) is 2.60. The summed E-state index contributed by atoms with van der Waals surface area (Å²) in [5, 5.41) is 0.726. The lowest BCUT2D eigenvalue weighted by Crippen LogP contribution is -2.47. The van der Waals surface area contributed by atoms with Crippen LogP contribution < -0.4 is 4.90 Å². The predicted octanol–water partition coefficient (Wildman–Crippen LogP) is 3.47. The topological polar surface area (TPSA) is 28.1 Å². The Bertz CT molecular complexity index is 675. The highest BCUT2D eigenvalue weighted by molar-refractivity contribution is 6.31. The molecule has 0 spiro atoms. The Hall–Kier alpha value is -1.88. The van der Waals surface area contributed by atoms with Gasteiger partial charge in [-0.1, -0.05) is 48.0 Å². The van der Waals surface area contributed by atoms with Crippen LogP contribution in [0.4, 0.5) is 5.69 Å². The van der Waals surface area contributed by atoms with Crippen molar-refractivity contribution in [1.29, 1.82) is 0 Å². The Balaban J connectivity index is 1.93. The van der Waals surface area contributed by atoms with E-state index in [0.29, 0.717) is 13.3 Å². The van der Waals surface area contributed by atoms with Gasteiger partial charge >= 0.3 is 0 Å². The Kier molecular flexibility index (Phi) is 5.28. The molecule has 3 rings (SSSR count). The van der Waals surface area contributed by atoms with Crippen LogP contribution >= 0.6 is 11.6 Å². The largest absolute Gasteiger partial charge is 0.383 e. The summed E-state index contributed by atoms with van der Waals surface area (Å²) in [6, 6.07) is 18.1. The van der Waals surface area contributed by atoms with E-state index in [4.69, 9.17) is 21.3 Å². The van der Waals surface area contributed by atoms with Crippen LogP contribution in [0.15, 0.2) is 59.6 Å². The number of amidine groups is 1. The third-order valence-electron chi connectivity index (χ3n) is 3.78. The molecule has 0 aliphatic carbocycles. The van der Waals surface area contributed by atoms with Crippen molar-refractivity contribution in [3.8, 4) is 0 Å². The number of ether oxygens (including phenoxy) is 1. The van der Waals surface area contributed by atoms with Gasteiger partial charge in [0.1, 0.15) is 5.84 Å². The second-order valence-electron chi connectivity index (χ2n) is 5.43. The van der Waals surface area contributed by atoms with Gasteiger partial charge in [-0.2, -0.15) is 0 Å². The lowest BCUT2D eigenvalue weighted by molar-refractivity contribution is 0.149. The molecule has 0 unspecified atom stereocenters. The zero-order valence-corrected chi connectivity index (χ0v) is 13.9. The molecule has 1 aliphatic heterocycles. The first kappa shape index (κ1) is 16.0. The fourth-order valence-electron chi connectivity index (χ4n) is 2.61. The summed E-state index contributed by atoms with van der Waals surface area (Å²) in [5.41, 5.74) is 2.15. The number of methoxy groups -OCH3 is 1. The minimum Gasteiger partial charge on any atom is -0.383 e. The van der Waals surface area contributed by atoms with Crippen molar-refractivity contribution in [2.45, 2.75) is 0 Å². The molecule has 0 fully saturated rings. The maximum Gasteiger partial charge on any atom is 0.137 e. The average molecular weight is 330 g/mol. The first-order valence-electron chi connectivity index (χ1n) is 7.62. The zero-order chi connectivity index (χ0) is 16.1. The molecule has 23 heavy (non-hydrogen) atoms. The Morgan fingerprint density at radius 2 is 1.96 bits per heavy atom. The number of halogens is 1. The van der Waals surface area contributed by atoms with Gasteiger partial charge in [0.05, 0.1) is 19.9 Å². The molecule has 2 aromatic rings. The third kappa shape index (κ3) is 3.91. The smallest absolute Gasteiger partial charge is 0.137 e. The van der Waals surface area contributed by atoms with E-state index in [1.54, 1.807) is 7.11 Å². The Labute approximate surface area is 142 Å². The monoisotopic (exact) mass is 329 g/mol. The van der Waals surface area contributed by atoms with Crippen LogP contribution in [0.3, 0.4) is 0 Å². The van der Waals surface area contributed by atoms with Gasteiger partial charge in [0.25, 0.3) is 0 Å². The lowest BCUT2D eigenvalue weighted by atomic mass is 10.1. The first-order chi connectivity index (χ1) is 11.3. The minimum absolute atomic E-state index is 0.671. The van der Waals surface area contributed by atoms with E-state index in [2.05, 4.69) is 28.0 Å². The van der Waals surface area contributed by atoms with Crippen LogP contribution in [-0.2, 0) is 4.74 Å². The van der Waals surface area contributed by atoms with E-state index in [0.717, 1.165) is 35.3 Å². The summed E-state index contributed by atoms with van der Waals surface area (Å²) in [7, 11) is 1.72.